The molecule has 3 aliphatic rings. The van der Waals surface area contributed by atoms with E-state index in [-0.39, 0.29) is 11.9 Å². The molecule has 3 aliphatic heterocycles. The van der Waals surface area contributed by atoms with Crippen LogP contribution in [0.5, 0.6) is 0 Å². The Labute approximate surface area is 157 Å². The third-order valence-electron chi connectivity index (χ3n) is 6.11. The van der Waals surface area contributed by atoms with Crippen molar-refractivity contribution >= 4 is 11.6 Å². The molecule has 7 heteroatoms. The van der Waals surface area contributed by atoms with Crippen LogP contribution in [0, 0.1) is 0 Å². The first kappa shape index (κ1) is 18.7. The molecule has 0 saturated carbocycles. The van der Waals surface area contributed by atoms with E-state index in [1.165, 1.54) is 25.0 Å². The standard InChI is InChI=1S/C20H26F3N3O/c21-20(22,23)16-5-6-18-15(12-16)13-25-10-3-4-17(25)14-26(18)19(27)7-11-24-8-1-2-9-24/h5-6,12,17H,1-4,7-11,13-14H2. The number of likely N-dealkylation sites (tertiary alicyclic amines) is 1. The fraction of sp³-hybridized carbons (Fsp3) is 0.650. The second-order valence-corrected chi connectivity index (χ2v) is 7.91. The summed E-state index contributed by atoms with van der Waals surface area (Å²) in [7, 11) is 0. The minimum Gasteiger partial charge on any atom is -0.310 e. The maximum absolute atomic E-state index is 13.2. The number of amides is 1. The van der Waals surface area contributed by atoms with E-state index in [4.69, 9.17) is 0 Å². The van der Waals surface area contributed by atoms with Crippen molar-refractivity contribution in [2.75, 3.05) is 37.6 Å². The Bertz CT molecular complexity index is 700. The van der Waals surface area contributed by atoms with Crippen LogP contribution in [0.3, 0.4) is 0 Å². The zero-order valence-corrected chi connectivity index (χ0v) is 15.5. The molecule has 2 saturated heterocycles. The molecular formula is C20H26F3N3O. The van der Waals surface area contributed by atoms with Crippen LogP contribution in [-0.4, -0.2) is 54.5 Å². The van der Waals surface area contributed by atoms with Gasteiger partial charge in [0.05, 0.1) is 5.56 Å². The molecule has 0 bridgehead atoms. The van der Waals surface area contributed by atoms with E-state index < -0.39 is 11.7 Å². The van der Waals surface area contributed by atoms with Crippen molar-refractivity contribution in [2.45, 2.75) is 50.9 Å². The van der Waals surface area contributed by atoms with Gasteiger partial charge in [0.15, 0.2) is 0 Å². The molecule has 148 valence electrons. The quantitative estimate of drug-likeness (QED) is 0.802. The summed E-state index contributed by atoms with van der Waals surface area (Å²) in [5, 5.41) is 0. The van der Waals surface area contributed by atoms with Crippen molar-refractivity contribution in [2.24, 2.45) is 0 Å². The monoisotopic (exact) mass is 381 g/mol. The molecular weight excluding hydrogens is 355 g/mol. The van der Waals surface area contributed by atoms with Gasteiger partial charge in [0.25, 0.3) is 0 Å². The van der Waals surface area contributed by atoms with Gasteiger partial charge in [0.2, 0.25) is 5.91 Å². The number of nitrogens with zero attached hydrogens (tertiary/aromatic N) is 3. The highest BCUT2D eigenvalue weighted by molar-refractivity contribution is 5.94. The fourth-order valence-corrected chi connectivity index (χ4v) is 4.62. The summed E-state index contributed by atoms with van der Waals surface area (Å²) in [4.78, 5) is 19.3. The van der Waals surface area contributed by atoms with Gasteiger partial charge in [-0.05, 0) is 69.1 Å². The highest BCUT2D eigenvalue weighted by Crippen LogP contribution is 2.37. The van der Waals surface area contributed by atoms with Gasteiger partial charge >= 0.3 is 6.18 Å². The van der Waals surface area contributed by atoms with Crippen molar-refractivity contribution in [3.05, 3.63) is 29.3 Å². The average molecular weight is 381 g/mol. The summed E-state index contributed by atoms with van der Waals surface area (Å²) in [6.07, 6.45) is 0.449. The van der Waals surface area contributed by atoms with Gasteiger partial charge in [0, 0.05) is 37.8 Å². The Kier molecular flexibility index (Phi) is 5.16. The lowest BCUT2D eigenvalue weighted by atomic mass is 10.1. The van der Waals surface area contributed by atoms with E-state index >= 15 is 0 Å². The van der Waals surface area contributed by atoms with Crippen LogP contribution in [0.15, 0.2) is 18.2 Å². The van der Waals surface area contributed by atoms with Crippen LogP contribution in [-0.2, 0) is 17.5 Å². The molecule has 0 aliphatic carbocycles. The lowest BCUT2D eigenvalue weighted by Gasteiger charge is -2.27. The number of fused-ring (bicyclic) bond motifs is 2. The number of hydrogen-bond donors (Lipinski definition) is 0. The number of rotatable bonds is 3. The fourth-order valence-electron chi connectivity index (χ4n) is 4.62. The molecule has 2 fully saturated rings. The zero-order chi connectivity index (χ0) is 19.0. The predicted molar refractivity (Wildman–Crippen MR) is 97.5 cm³/mol. The highest BCUT2D eigenvalue weighted by Gasteiger charge is 2.36. The molecule has 3 heterocycles. The van der Waals surface area contributed by atoms with Crippen LogP contribution in [0.1, 0.15) is 43.2 Å². The first-order valence-corrected chi connectivity index (χ1v) is 9.89. The van der Waals surface area contributed by atoms with Gasteiger partial charge in [-0.1, -0.05) is 0 Å². The van der Waals surface area contributed by atoms with Crippen LogP contribution < -0.4 is 4.90 Å². The minimum absolute atomic E-state index is 0.0247. The molecule has 1 aromatic carbocycles. The van der Waals surface area contributed by atoms with Crippen LogP contribution in [0.25, 0.3) is 0 Å². The van der Waals surface area contributed by atoms with Gasteiger partial charge < -0.3 is 9.80 Å². The van der Waals surface area contributed by atoms with Crippen molar-refractivity contribution in [3.8, 4) is 0 Å². The molecule has 1 unspecified atom stereocenters. The Morgan fingerprint density at radius 2 is 1.89 bits per heavy atom. The maximum Gasteiger partial charge on any atom is 0.416 e. The lowest BCUT2D eigenvalue weighted by molar-refractivity contribution is -0.137. The van der Waals surface area contributed by atoms with Crippen molar-refractivity contribution in [3.63, 3.8) is 0 Å². The molecule has 0 radical (unpaired) electrons. The predicted octanol–water partition coefficient (Wildman–Crippen LogP) is 3.50. The Morgan fingerprint density at radius 3 is 2.63 bits per heavy atom. The Morgan fingerprint density at radius 1 is 1.11 bits per heavy atom. The molecule has 0 aromatic heterocycles. The summed E-state index contributed by atoms with van der Waals surface area (Å²) >= 11 is 0. The molecule has 0 N–H and O–H groups in total. The maximum atomic E-state index is 13.2. The van der Waals surface area contributed by atoms with Crippen LogP contribution in [0.4, 0.5) is 18.9 Å². The van der Waals surface area contributed by atoms with Crippen molar-refractivity contribution in [1.29, 1.82) is 0 Å². The number of benzene rings is 1. The van der Waals surface area contributed by atoms with E-state index in [0.29, 0.717) is 30.8 Å². The first-order chi connectivity index (χ1) is 12.9. The highest BCUT2D eigenvalue weighted by atomic mass is 19.4. The van der Waals surface area contributed by atoms with Gasteiger partial charge in [-0.2, -0.15) is 13.2 Å². The molecule has 4 nitrogen and oxygen atoms in total. The SMILES string of the molecule is O=C(CCN1CCCC1)N1CC2CCCN2Cc2cc(C(F)(F)F)ccc21. The number of carbonyl (C=O) groups excluding carboxylic acids is 1. The smallest absolute Gasteiger partial charge is 0.310 e. The van der Waals surface area contributed by atoms with E-state index in [2.05, 4.69) is 9.80 Å². The molecule has 4 rings (SSSR count). The summed E-state index contributed by atoms with van der Waals surface area (Å²) in [5.41, 5.74) is 0.635. The third kappa shape index (κ3) is 3.99. The second kappa shape index (κ2) is 7.43. The largest absolute Gasteiger partial charge is 0.416 e. The molecule has 1 amide bonds. The summed E-state index contributed by atoms with van der Waals surface area (Å²) in [6, 6.07) is 4.07. The molecule has 1 atom stereocenters. The van der Waals surface area contributed by atoms with E-state index in [0.717, 1.165) is 45.1 Å². The van der Waals surface area contributed by atoms with Gasteiger partial charge in [0.1, 0.15) is 0 Å². The molecule has 27 heavy (non-hydrogen) atoms. The Hall–Kier alpha value is -1.60. The second-order valence-electron chi connectivity index (χ2n) is 7.91. The van der Waals surface area contributed by atoms with Gasteiger partial charge in [-0.3, -0.25) is 9.69 Å². The van der Waals surface area contributed by atoms with Gasteiger partial charge in [-0.25, -0.2) is 0 Å². The van der Waals surface area contributed by atoms with Crippen LogP contribution >= 0.6 is 0 Å². The molecule has 0 spiro atoms. The van der Waals surface area contributed by atoms with Crippen molar-refractivity contribution in [1.82, 2.24) is 9.80 Å². The first-order valence-electron chi connectivity index (χ1n) is 9.89. The van der Waals surface area contributed by atoms with E-state index in [1.807, 2.05) is 0 Å². The number of hydrogen-bond acceptors (Lipinski definition) is 3. The van der Waals surface area contributed by atoms with Crippen LogP contribution in [0.2, 0.25) is 0 Å². The normalized spacial score (nSPS) is 24.0. The minimum atomic E-state index is -4.36. The Balaban J connectivity index is 1.59. The number of halogens is 3. The topological polar surface area (TPSA) is 26.8 Å². The van der Waals surface area contributed by atoms with Crippen molar-refractivity contribution < 1.29 is 18.0 Å². The molecule has 1 aromatic rings. The lowest BCUT2D eigenvalue weighted by Crippen LogP contribution is -2.41. The summed E-state index contributed by atoms with van der Waals surface area (Å²) < 4.78 is 39.5. The summed E-state index contributed by atoms with van der Waals surface area (Å²) in [6.45, 7) is 4.76. The summed E-state index contributed by atoms with van der Waals surface area (Å²) in [5.74, 6) is 0.0247. The van der Waals surface area contributed by atoms with E-state index in [1.54, 1.807) is 4.90 Å². The number of anilines is 1. The van der Waals surface area contributed by atoms with E-state index in [9.17, 15) is 18.0 Å². The number of carbonyl (C=O) groups is 1. The number of alkyl halides is 3. The third-order valence-corrected chi connectivity index (χ3v) is 6.11. The van der Waals surface area contributed by atoms with Gasteiger partial charge in [-0.15, -0.1) is 0 Å². The zero-order valence-electron chi connectivity index (χ0n) is 15.5. The average Bonchev–Trinajstić information content (AvgIpc) is 3.27.